The lowest BCUT2D eigenvalue weighted by molar-refractivity contribution is -0.109. The molecule has 3 rings (SSSR count). The molecule has 1 amide bonds. The number of hydrogen-bond acceptors (Lipinski definition) is 4. The number of aromatic nitrogens is 1. The number of benzene rings is 2. The van der Waals surface area contributed by atoms with Crippen molar-refractivity contribution in [2.24, 2.45) is 0 Å². The van der Waals surface area contributed by atoms with E-state index in [2.05, 4.69) is 42.1 Å². The van der Waals surface area contributed by atoms with Crippen LogP contribution in [-0.4, -0.2) is 11.4 Å². The van der Waals surface area contributed by atoms with Crippen molar-refractivity contribution in [1.82, 2.24) is 10.3 Å². The lowest BCUT2D eigenvalue weighted by atomic mass is 9.96. The molecule has 0 aliphatic rings. The molecule has 0 aliphatic carbocycles. The van der Waals surface area contributed by atoms with Gasteiger partial charge in [-0.05, 0) is 53.6 Å². The Morgan fingerprint density at radius 1 is 1.06 bits per heavy atom. The molecule has 162 valence electrons. The van der Waals surface area contributed by atoms with Crippen LogP contribution in [0.2, 0.25) is 0 Å². The molecule has 1 aromatic heterocycles. The van der Waals surface area contributed by atoms with Gasteiger partial charge in [-0.3, -0.25) is 9.78 Å². The number of carbonyl (C=O) groups is 1. The highest BCUT2D eigenvalue weighted by Gasteiger charge is 2.05. The Morgan fingerprint density at radius 2 is 1.77 bits per heavy atom. The third-order valence-corrected chi connectivity index (χ3v) is 5.08. The van der Waals surface area contributed by atoms with Crippen LogP contribution in [-0.2, 0) is 11.3 Å². The lowest BCUT2D eigenvalue weighted by Gasteiger charge is -2.12. The molecule has 31 heavy (non-hydrogen) atoms. The molecular formula is C26H32N4O. The van der Waals surface area contributed by atoms with Crippen LogP contribution in [0.5, 0.6) is 0 Å². The standard InChI is InChI=1S/C16H17N3O.C10H15N/c1-12(19-16-5-3-2-4-15(16)17)14-8-6-13(7-9-14)10-18-11-20;1-3-9(4-2)10-6-5-7-11-8-10/h2-9,11,19H,1,10,17H2,(H,18,20);5-9H,3-4H2,1-2H3. The Morgan fingerprint density at radius 3 is 2.35 bits per heavy atom. The summed E-state index contributed by atoms with van der Waals surface area (Å²) in [4.78, 5) is 14.3. The minimum absolute atomic E-state index is 0.523. The van der Waals surface area contributed by atoms with E-state index < -0.39 is 0 Å². The topological polar surface area (TPSA) is 80.0 Å². The number of anilines is 2. The Balaban J connectivity index is 0.000000262. The van der Waals surface area contributed by atoms with E-state index in [-0.39, 0.29) is 0 Å². The SMILES string of the molecule is C=C(Nc1ccccc1N)c1ccc(CNC=O)cc1.CCC(CC)c1cccnc1. The van der Waals surface area contributed by atoms with Gasteiger partial charge in [0.1, 0.15) is 0 Å². The van der Waals surface area contributed by atoms with E-state index in [9.17, 15) is 4.79 Å². The molecular weight excluding hydrogens is 384 g/mol. The van der Waals surface area contributed by atoms with Crippen molar-refractivity contribution in [2.45, 2.75) is 39.2 Å². The number of nitrogen functional groups attached to an aromatic ring is 1. The Labute approximate surface area is 185 Å². The highest BCUT2D eigenvalue weighted by atomic mass is 16.1. The van der Waals surface area contributed by atoms with Gasteiger partial charge >= 0.3 is 0 Å². The summed E-state index contributed by atoms with van der Waals surface area (Å²) < 4.78 is 0. The van der Waals surface area contributed by atoms with Crippen LogP contribution in [0.4, 0.5) is 11.4 Å². The van der Waals surface area contributed by atoms with Crippen molar-refractivity contribution in [3.63, 3.8) is 0 Å². The predicted octanol–water partition coefficient (Wildman–Crippen LogP) is 5.58. The minimum atomic E-state index is 0.523. The van der Waals surface area contributed by atoms with Crippen LogP contribution < -0.4 is 16.4 Å². The molecule has 0 saturated heterocycles. The molecule has 0 aliphatic heterocycles. The molecule has 0 fully saturated rings. The molecule has 1 heterocycles. The molecule has 0 spiro atoms. The largest absolute Gasteiger partial charge is 0.397 e. The maximum atomic E-state index is 10.2. The van der Waals surface area contributed by atoms with Crippen molar-refractivity contribution in [3.8, 4) is 0 Å². The number of nitrogens with one attached hydrogen (secondary N) is 2. The fraction of sp³-hybridized carbons (Fsp3) is 0.231. The van der Waals surface area contributed by atoms with Crippen LogP contribution in [0.3, 0.4) is 0 Å². The van der Waals surface area contributed by atoms with Gasteiger partial charge in [-0.1, -0.05) is 62.9 Å². The van der Waals surface area contributed by atoms with Crippen LogP contribution in [0.25, 0.3) is 5.70 Å². The molecule has 3 aromatic rings. The van der Waals surface area contributed by atoms with Gasteiger partial charge in [-0.25, -0.2) is 0 Å². The van der Waals surface area contributed by atoms with Gasteiger partial charge in [-0.15, -0.1) is 0 Å². The molecule has 0 unspecified atom stereocenters. The number of hydrogen-bond donors (Lipinski definition) is 3. The number of pyridine rings is 1. The Hall–Kier alpha value is -3.60. The zero-order valence-electron chi connectivity index (χ0n) is 18.3. The van der Waals surface area contributed by atoms with Crippen molar-refractivity contribution < 1.29 is 4.79 Å². The Bertz CT molecular complexity index is 935. The monoisotopic (exact) mass is 416 g/mol. The molecule has 0 bridgehead atoms. The molecule has 5 nitrogen and oxygen atoms in total. The summed E-state index contributed by atoms with van der Waals surface area (Å²) in [6, 6.07) is 19.5. The second-order valence-electron chi connectivity index (χ2n) is 7.19. The predicted molar refractivity (Wildman–Crippen MR) is 130 cm³/mol. The third kappa shape index (κ3) is 7.63. The minimum Gasteiger partial charge on any atom is -0.397 e. The summed E-state index contributed by atoms with van der Waals surface area (Å²) in [6.45, 7) is 8.98. The molecule has 0 atom stereocenters. The maximum Gasteiger partial charge on any atom is 0.207 e. The summed E-state index contributed by atoms with van der Waals surface area (Å²) in [5.74, 6) is 0.698. The average molecular weight is 417 g/mol. The average Bonchev–Trinajstić information content (AvgIpc) is 2.81. The molecule has 0 saturated carbocycles. The molecule has 0 radical (unpaired) electrons. The van der Waals surface area contributed by atoms with Crippen molar-refractivity contribution in [2.75, 3.05) is 11.1 Å². The van der Waals surface area contributed by atoms with Gasteiger partial charge in [0.25, 0.3) is 0 Å². The quantitative estimate of drug-likeness (QED) is 0.314. The maximum absolute atomic E-state index is 10.2. The lowest BCUT2D eigenvalue weighted by Crippen LogP contribution is -2.09. The van der Waals surface area contributed by atoms with Crippen LogP contribution in [0, 0.1) is 0 Å². The smallest absolute Gasteiger partial charge is 0.207 e. The first-order chi connectivity index (χ1) is 15.1. The zero-order chi connectivity index (χ0) is 22.5. The first kappa shape index (κ1) is 23.7. The Kier molecular flexibility index (Phi) is 9.82. The second kappa shape index (κ2) is 12.9. The van der Waals surface area contributed by atoms with Crippen molar-refractivity contribution in [3.05, 3.63) is 96.3 Å². The van der Waals surface area contributed by atoms with Crippen LogP contribution in [0.1, 0.15) is 49.3 Å². The van der Waals surface area contributed by atoms with Gasteiger partial charge in [0, 0.05) is 24.6 Å². The number of nitrogens with two attached hydrogens (primary N) is 1. The normalized spacial score (nSPS) is 10.0. The first-order valence-corrected chi connectivity index (χ1v) is 10.6. The van der Waals surface area contributed by atoms with Crippen molar-refractivity contribution in [1.29, 1.82) is 0 Å². The summed E-state index contributed by atoms with van der Waals surface area (Å²) in [5.41, 5.74) is 11.6. The van der Waals surface area contributed by atoms with Crippen LogP contribution >= 0.6 is 0 Å². The number of para-hydroxylation sites is 2. The number of carbonyl (C=O) groups excluding carboxylic acids is 1. The molecule has 5 heteroatoms. The summed E-state index contributed by atoms with van der Waals surface area (Å²) in [6.07, 6.45) is 6.90. The van der Waals surface area contributed by atoms with E-state index >= 15 is 0 Å². The molecule has 4 N–H and O–H groups in total. The van der Waals surface area contributed by atoms with Gasteiger partial charge in [-0.2, -0.15) is 0 Å². The fourth-order valence-corrected chi connectivity index (χ4v) is 3.21. The number of nitrogens with zero attached hydrogens (tertiary/aromatic N) is 1. The summed E-state index contributed by atoms with van der Waals surface area (Å²) in [5, 5.41) is 5.82. The van der Waals surface area contributed by atoms with Crippen molar-refractivity contribution >= 4 is 23.5 Å². The second-order valence-corrected chi connectivity index (χ2v) is 7.19. The molecule has 2 aromatic carbocycles. The van der Waals surface area contributed by atoms with E-state index in [0.29, 0.717) is 24.6 Å². The fourth-order valence-electron chi connectivity index (χ4n) is 3.21. The van der Waals surface area contributed by atoms with E-state index in [4.69, 9.17) is 5.73 Å². The third-order valence-electron chi connectivity index (χ3n) is 5.08. The number of amides is 1. The van der Waals surface area contributed by atoms with E-state index in [0.717, 1.165) is 22.5 Å². The van der Waals surface area contributed by atoms with Crippen LogP contribution in [0.15, 0.2) is 79.6 Å². The zero-order valence-corrected chi connectivity index (χ0v) is 18.3. The van der Waals surface area contributed by atoms with Gasteiger partial charge in [0.15, 0.2) is 0 Å². The number of rotatable bonds is 9. The summed E-state index contributed by atoms with van der Waals surface area (Å²) in [7, 11) is 0. The van der Waals surface area contributed by atoms with E-state index in [1.165, 1.54) is 18.4 Å². The van der Waals surface area contributed by atoms with Gasteiger partial charge in [0.05, 0.1) is 11.4 Å². The highest BCUT2D eigenvalue weighted by molar-refractivity contribution is 5.80. The summed E-state index contributed by atoms with van der Waals surface area (Å²) >= 11 is 0. The van der Waals surface area contributed by atoms with Gasteiger partial charge < -0.3 is 16.4 Å². The highest BCUT2D eigenvalue weighted by Crippen LogP contribution is 2.23. The van der Waals surface area contributed by atoms with Gasteiger partial charge in [0.2, 0.25) is 6.41 Å². The van der Waals surface area contributed by atoms with E-state index in [1.807, 2.05) is 67.0 Å². The first-order valence-electron chi connectivity index (χ1n) is 10.6. The van der Waals surface area contributed by atoms with E-state index in [1.54, 1.807) is 0 Å².